The van der Waals surface area contributed by atoms with Crippen LogP contribution in [0, 0.1) is 16.0 Å². The molecule has 1 N–H and O–H groups in total. The molecular weight excluding hydrogens is 306 g/mol. The van der Waals surface area contributed by atoms with E-state index < -0.39 is 0 Å². The van der Waals surface area contributed by atoms with Crippen molar-refractivity contribution in [2.75, 3.05) is 26.2 Å². The fraction of sp³-hybridized carbons (Fsp3) is 0.611. The SMILES string of the molecule is O=C([C@@H]1CCC[NH+](Cc2ccccc2[N+](=O)[O-])C1)N1CCCCC1. The number of nitrogens with zero attached hydrogens (tertiary/aromatic N) is 2. The molecule has 0 aliphatic carbocycles. The first-order valence-corrected chi connectivity index (χ1v) is 9.00. The number of nitro benzene ring substituents is 1. The quantitative estimate of drug-likeness (QED) is 0.669. The zero-order valence-electron chi connectivity index (χ0n) is 14.1. The summed E-state index contributed by atoms with van der Waals surface area (Å²) in [4.78, 5) is 26.9. The standard InChI is InChI=1S/C18H25N3O3/c22-18(20-11-4-1-5-12-20)16-8-6-10-19(14-16)13-15-7-2-3-9-17(15)21(23)24/h2-3,7,9,16H,1,4-6,8,10-14H2/p+1/t16-/m1/s1. The Bertz CT molecular complexity index is 599. The van der Waals surface area contributed by atoms with Crippen LogP contribution in [0.2, 0.25) is 0 Å². The van der Waals surface area contributed by atoms with Crippen molar-refractivity contribution >= 4 is 11.6 Å². The molecule has 2 aliphatic rings. The molecule has 1 amide bonds. The van der Waals surface area contributed by atoms with Gasteiger partial charge in [-0.3, -0.25) is 14.9 Å². The highest BCUT2D eigenvalue weighted by atomic mass is 16.6. The van der Waals surface area contributed by atoms with E-state index in [4.69, 9.17) is 0 Å². The highest BCUT2D eigenvalue weighted by molar-refractivity contribution is 5.79. The first-order chi connectivity index (χ1) is 11.6. The molecule has 1 aromatic carbocycles. The molecule has 3 rings (SSSR count). The number of nitrogens with one attached hydrogen (secondary N) is 1. The van der Waals surface area contributed by atoms with E-state index in [9.17, 15) is 14.9 Å². The Hall–Kier alpha value is -1.95. The Kier molecular flexibility index (Phi) is 5.45. The van der Waals surface area contributed by atoms with Crippen LogP contribution in [-0.4, -0.2) is 41.9 Å². The summed E-state index contributed by atoms with van der Waals surface area (Å²) in [5, 5.41) is 11.2. The fourth-order valence-corrected chi connectivity index (χ4v) is 4.00. The molecular formula is C18H26N3O3+. The molecule has 2 saturated heterocycles. The fourth-order valence-electron chi connectivity index (χ4n) is 4.00. The van der Waals surface area contributed by atoms with E-state index >= 15 is 0 Å². The van der Waals surface area contributed by atoms with Gasteiger partial charge in [0.15, 0.2) is 0 Å². The monoisotopic (exact) mass is 332 g/mol. The number of para-hydroxylation sites is 1. The van der Waals surface area contributed by atoms with Crippen LogP contribution in [-0.2, 0) is 11.3 Å². The summed E-state index contributed by atoms with van der Waals surface area (Å²) in [5.74, 6) is 0.379. The minimum atomic E-state index is -0.310. The van der Waals surface area contributed by atoms with Gasteiger partial charge >= 0.3 is 0 Å². The predicted octanol–water partition coefficient (Wildman–Crippen LogP) is 1.40. The lowest BCUT2D eigenvalue weighted by molar-refractivity contribution is -0.921. The number of likely N-dealkylation sites (tertiary alicyclic amines) is 2. The van der Waals surface area contributed by atoms with E-state index in [1.807, 2.05) is 17.0 Å². The van der Waals surface area contributed by atoms with E-state index in [0.29, 0.717) is 12.5 Å². The van der Waals surface area contributed by atoms with Gasteiger partial charge in [0, 0.05) is 19.2 Å². The topological polar surface area (TPSA) is 67.9 Å². The van der Waals surface area contributed by atoms with E-state index in [0.717, 1.165) is 57.4 Å². The lowest BCUT2D eigenvalue weighted by Crippen LogP contribution is -3.12. The number of piperidine rings is 2. The van der Waals surface area contributed by atoms with Gasteiger partial charge < -0.3 is 9.80 Å². The molecule has 0 spiro atoms. The molecule has 6 heteroatoms. The number of hydrogen-bond acceptors (Lipinski definition) is 3. The smallest absolute Gasteiger partial charge is 0.278 e. The van der Waals surface area contributed by atoms with Gasteiger partial charge in [-0.05, 0) is 38.2 Å². The molecule has 6 nitrogen and oxygen atoms in total. The summed E-state index contributed by atoms with van der Waals surface area (Å²) in [7, 11) is 0. The van der Waals surface area contributed by atoms with Crippen LogP contribution in [0.4, 0.5) is 5.69 Å². The number of nitro groups is 1. The number of quaternary nitrogens is 1. The first-order valence-electron chi connectivity index (χ1n) is 9.00. The van der Waals surface area contributed by atoms with Gasteiger partial charge in [-0.2, -0.15) is 0 Å². The summed E-state index contributed by atoms with van der Waals surface area (Å²) < 4.78 is 0. The molecule has 0 aromatic heterocycles. The molecule has 1 unspecified atom stereocenters. The van der Waals surface area contributed by atoms with Gasteiger partial charge in [0.2, 0.25) is 5.91 Å². The van der Waals surface area contributed by atoms with Crippen molar-refractivity contribution in [1.82, 2.24) is 4.90 Å². The van der Waals surface area contributed by atoms with Crippen LogP contribution < -0.4 is 4.90 Å². The van der Waals surface area contributed by atoms with Crippen molar-refractivity contribution in [1.29, 1.82) is 0 Å². The van der Waals surface area contributed by atoms with E-state index in [1.54, 1.807) is 12.1 Å². The van der Waals surface area contributed by atoms with Crippen molar-refractivity contribution in [2.45, 2.75) is 38.6 Å². The average Bonchev–Trinajstić information content (AvgIpc) is 2.62. The highest BCUT2D eigenvalue weighted by Crippen LogP contribution is 2.19. The normalized spacial score (nSPS) is 24.6. The highest BCUT2D eigenvalue weighted by Gasteiger charge is 2.33. The van der Waals surface area contributed by atoms with Crippen molar-refractivity contribution in [3.8, 4) is 0 Å². The zero-order valence-corrected chi connectivity index (χ0v) is 14.1. The average molecular weight is 332 g/mol. The minimum absolute atomic E-state index is 0.0784. The molecule has 2 atom stereocenters. The van der Waals surface area contributed by atoms with E-state index in [2.05, 4.69) is 0 Å². The number of hydrogen-bond donors (Lipinski definition) is 1. The Morgan fingerprint density at radius 1 is 1.21 bits per heavy atom. The maximum Gasteiger partial charge on any atom is 0.278 e. The Morgan fingerprint density at radius 2 is 1.96 bits per heavy atom. The molecule has 2 heterocycles. The second kappa shape index (κ2) is 7.75. The van der Waals surface area contributed by atoms with Crippen LogP contribution in [0.1, 0.15) is 37.7 Å². The molecule has 1 aromatic rings. The largest absolute Gasteiger partial charge is 0.342 e. The van der Waals surface area contributed by atoms with Crippen molar-refractivity contribution in [2.24, 2.45) is 5.92 Å². The van der Waals surface area contributed by atoms with Gasteiger partial charge in [0.1, 0.15) is 6.54 Å². The van der Waals surface area contributed by atoms with Crippen LogP contribution in [0.25, 0.3) is 0 Å². The molecule has 130 valence electrons. The number of carbonyl (C=O) groups excluding carboxylic acids is 1. The minimum Gasteiger partial charge on any atom is -0.342 e. The van der Waals surface area contributed by atoms with Gasteiger partial charge in [-0.15, -0.1) is 0 Å². The van der Waals surface area contributed by atoms with Gasteiger partial charge in [0.25, 0.3) is 5.69 Å². The molecule has 2 aliphatic heterocycles. The first kappa shape index (κ1) is 16.9. The summed E-state index contributed by atoms with van der Waals surface area (Å²) in [6.45, 7) is 4.20. The Balaban J connectivity index is 1.63. The van der Waals surface area contributed by atoms with Crippen LogP contribution in [0.15, 0.2) is 24.3 Å². The van der Waals surface area contributed by atoms with E-state index in [-0.39, 0.29) is 16.5 Å². The lowest BCUT2D eigenvalue weighted by Gasteiger charge is -2.34. The summed E-state index contributed by atoms with van der Waals surface area (Å²) in [6, 6.07) is 6.95. The van der Waals surface area contributed by atoms with Crippen LogP contribution in [0.3, 0.4) is 0 Å². The van der Waals surface area contributed by atoms with Crippen molar-refractivity contribution in [3.05, 3.63) is 39.9 Å². The van der Waals surface area contributed by atoms with Gasteiger partial charge in [0.05, 0.1) is 29.5 Å². The Morgan fingerprint density at radius 3 is 2.71 bits per heavy atom. The predicted molar refractivity (Wildman–Crippen MR) is 90.7 cm³/mol. The maximum atomic E-state index is 12.7. The second-order valence-electron chi connectivity index (χ2n) is 6.99. The second-order valence-corrected chi connectivity index (χ2v) is 6.99. The Labute approximate surface area is 142 Å². The maximum absolute atomic E-state index is 12.7. The zero-order chi connectivity index (χ0) is 16.9. The summed E-state index contributed by atoms with van der Waals surface area (Å²) in [5.41, 5.74) is 0.957. The molecule has 0 radical (unpaired) electrons. The van der Waals surface area contributed by atoms with Crippen LogP contribution >= 0.6 is 0 Å². The van der Waals surface area contributed by atoms with Gasteiger partial charge in [-0.25, -0.2) is 0 Å². The molecule has 0 bridgehead atoms. The molecule has 2 fully saturated rings. The van der Waals surface area contributed by atoms with Crippen LogP contribution in [0.5, 0.6) is 0 Å². The number of carbonyl (C=O) groups is 1. The third-order valence-electron chi connectivity index (χ3n) is 5.26. The lowest BCUT2D eigenvalue weighted by atomic mass is 9.95. The van der Waals surface area contributed by atoms with Crippen molar-refractivity contribution < 1.29 is 14.6 Å². The summed E-state index contributed by atoms with van der Waals surface area (Å²) in [6.07, 6.45) is 5.43. The number of benzene rings is 1. The molecule has 24 heavy (non-hydrogen) atoms. The third-order valence-corrected chi connectivity index (χ3v) is 5.26. The number of rotatable bonds is 4. The number of amides is 1. The van der Waals surface area contributed by atoms with Crippen molar-refractivity contribution in [3.63, 3.8) is 0 Å². The third kappa shape index (κ3) is 3.93. The molecule has 0 saturated carbocycles. The van der Waals surface area contributed by atoms with Gasteiger partial charge in [-0.1, -0.05) is 12.1 Å². The van der Waals surface area contributed by atoms with E-state index in [1.165, 1.54) is 11.3 Å². The summed E-state index contributed by atoms with van der Waals surface area (Å²) >= 11 is 0.